The van der Waals surface area contributed by atoms with Crippen molar-refractivity contribution in [3.63, 3.8) is 0 Å². The Morgan fingerprint density at radius 1 is 1.24 bits per heavy atom. The van der Waals surface area contributed by atoms with Crippen molar-refractivity contribution < 1.29 is 13.9 Å². The van der Waals surface area contributed by atoms with Crippen molar-refractivity contribution in [3.05, 3.63) is 53.8 Å². The minimum absolute atomic E-state index is 0.00279. The number of rotatable bonds is 4. The molecule has 25 heavy (non-hydrogen) atoms. The summed E-state index contributed by atoms with van der Waals surface area (Å²) in [7, 11) is 1.65. The number of anilines is 2. The summed E-state index contributed by atoms with van der Waals surface area (Å²) in [5.74, 6) is 0.381. The standard InChI is InChI=1S/C19H22FN3O2/c1-13-6-5-7-15(20)18(13)22-19(24)21-14-10-11-23(12-14)16-8-3-4-9-17(16)25-2/h3-9,14H,10-12H2,1-2H3,(H2,21,22,24). The lowest BCUT2D eigenvalue weighted by Gasteiger charge is -2.21. The summed E-state index contributed by atoms with van der Waals surface area (Å²) in [4.78, 5) is 14.4. The minimum atomic E-state index is -0.433. The van der Waals surface area contributed by atoms with Crippen LogP contribution in [0.2, 0.25) is 0 Å². The molecular weight excluding hydrogens is 321 g/mol. The van der Waals surface area contributed by atoms with Crippen LogP contribution in [-0.4, -0.2) is 32.3 Å². The van der Waals surface area contributed by atoms with Gasteiger partial charge in [0.15, 0.2) is 0 Å². The molecule has 6 heteroatoms. The van der Waals surface area contributed by atoms with E-state index in [4.69, 9.17) is 4.74 Å². The van der Waals surface area contributed by atoms with Gasteiger partial charge >= 0.3 is 6.03 Å². The molecule has 0 spiro atoms. The molecule has 1 aliphatic heterocycles. The Labute approximate surface area is 146 Å². The summed E-state index contributed by atoms with van der Waals surface area (Å²) in [6.45, 7) is 3.27. The number of nitrogens with one attached hydrogen (secondary N) is 2. The van der Waals surface area contributed by atoms with E-state index in [1.165, 1.54) is 6.07 Å². The van der Waals surface area contributed by atoms with Crippen molar-refractivity contribution in [2.24, 2.45) is 0 Å². The van der Waals surface area contributed by atoms with Crippen molar-refractivity contribution >= 4 is 17.4 Å². The summed E-state index contributed by atoms with van der Waals surface area (Å²) < 4.78 is 19.2. The van der Waals surface area contributed by atoms with Gasteiger partial charge in [0.05, 0.1) is 18.5 Å². The third kappa shape index (κ3) is 3.84. The van der Waals surface area contributed by atoms with Crippen LogP contribution in [0.1, 0.15) is 12.0 Å². The predicted octanol–water partition coefficient (Wildman–Crippen LogP) is 3.54. The molecule has 1 aliphatic rings. The van der Waals surface area contributed by atoms with E-state index < -0.39 is 5.82 Å². The van der Waals surface area contributed by atoms with Crippen molar-refractivity contribution in [2.45, 2.75) is 19.4 Å². The highest BCUT2D eigenvalue weighted by molar-refractivity contribution is 5.90. The number of carbonyl (C=O) groups is 1. The van der Waals surface area contributed by atoms with Crippen LogP contribution < -0.4 is 20.3 Å². The quantitative estimate of drug-likeness (QED) is 0.893. The lowest BCUT2D eigenvalue weighted by atomic mass is 10.2. The Bertz CT molecular complexity index is 746. The fourth-order valence-electron chi connectivity index (χ4n) is 3.11. The predicted molar refractivity (Wildman–Crippen MR) is 96.9 cm³/mol. The van der Waals surface area contributed by atoms with E-state index in [1.54, 1.807) is 26.2 Å². The molecule has 2 amide bonds. The molecule has 5 nitrogen and oxygen atoms in total. The summed E-state index contributed by atoms with van der Waals surface area (Å²) in [6, 6.07) is 12.1. The highest BCUT2D eigenvalue weighted by atomic mass is 19.1. The van der Waals surface area contributed by atoms with E-state index in [2.05, 4.69) is 15.5 Å². The third-order valence-electron chi connectivity index (χ3n) is 4.41. The third-order valence-corrected chi connectivity index (χ3v) is 4.41. The average Bonchev–Trinajstić information content (AvgIpc) is 3.06. The zero-order valence-electron chi connectivity index (χ0n) is 14.4. The monoisotopic (exact) mass is 343 g/mol. The fraction of sp³-hybridized carbons (Fsp3) is 0.316. The largest absolute Gasteiger partial charge is 0.495 e. The van der Waals surface area contributed by atoms with Gasteiger partial charge in [-0.25, -0.2) is 9.18 Å². The Hall–Kier alpha value is -2.76. The number of methoxy groups -OCH3 is 1. The SMILES string of the molecule is COc1ccccc1N1CCC(NC(=O)Nc2c(C)cccc2F)C1. The number of benzene rings is 2. The molecule has 2 aromatic carbocycles. The number of amides is 2. The van der Waals surface area contributed by atoms with E-state index in [9.17, 15) is 9.18 Å². The van der Waals surface area contributed by atoms with Gasteiger partial charge in [0.25, 0.3) is 0 Å². The van der Waals surface area contributed by atoms with Gasteiger partial charge in [-0.15, -0.1) is 0 Å². The maximum Gasteiger partial charge on any atom is 0.319 e. The Balaban J connectivity index is 1.60. The van der Waals surface area contributed by atoms with Crippen molar-refractivity contribution in [3.8, 4) is 5.75 Å². The number of urea groups is 1. The zero-order valence-corrected chi connectivity index (χ0v) is 14.4. The second-order valence-corrected chi connectivity index (χ2v) is 6.13. The second kappa shape index (κ2) is 7.42. The summed E-state index contributed by atoms with van der Waals surface area (Å²) in [5, 5.41) is 5.53. The fourth-order valence-corrected chi connectivity index (χ4v) is 3.11. The first-order valence-electron chi connectivity index (χ1n) is 8.29. The van der Waals surface area contributed by atoms with Crippen LogP contribution in [0.25, 0.3) is 0 Å². The van der Waals surface area contributed by atoms with Gasteiger partial charge in [0.2, 0.25) is 0 Å². The molecule has 1 heterocycles. The van der Waals surface area contributed by atoms with Crippen LogP contribution >= 0.6 is 0 Å². The number of hydrogen-bond acceptors (Lipinski definition) is 3. The second-order valence-electron chi connectivity index (χ2n) is 6.13. The molecule has 0 bridgehead atoms. The first-order valence-corrected chi connectivity index (χ1v) is 8.29. The van der Waals surface area contributed by atoms with Gasteiger partial charge in [0.1, 0.15) is 11.6 Å². The molecule has 1 saturated heterocycles. The normalized spacial score (nSPS) is 16.6. The molecular formula is C19H22FN3O2. The van der Waals surface area contributed by atoms with Gasteiger partial charge in [-0.3, -0.25) is 0 Å². The topological polar surface area (TPSA) is 53.6 Å². The summed E-state index contributed by atoms with van der Waals surface area (Å²) >= 11 is 0. The highest BCUT2D eigenvalue weighted by Gasteiger charge is 2.26. The minimum Gasteiger partial charge on any atom is -0.495 e. The number of carbonyl (C=O) groups excluding carboxylic acids is 1. The van der Waals surface area contributed by atoms with Gasteiger partial charge in [-0.1, -0.05) is 24.3 Å². The van der Waals surface area contributed by atoms with Gasteiger partial charge in [0, 0.05) is 19.1 Å². The molecule has 0 aliphatic carbocycles. The van der Waals surface area contributed by atoms with Gasteiger partial charge in [-0.2, -0.15) is 0 Å². The molecule has 132 valence electrons. The first kappa shape index (κ1) is 17.1. The molecule has 0 aromatic heterocycles. The smallest absolute Gasteiger partial charge is 0.319 e. The van der Waals surface area contributed by atoms with E-state index in [0.717, 1.165) is 24.4 Å². The molecule has 2 aromatic rings. The van der Waals surface area contributed by atoms with Crippen LogP contribution in [-0.2, 0) is 0 Å². The molecule has 1 atom stereocenters. The maximum atomic E-state index is 13.8. The lowest BCUT2D eigenvalue weighted by molar-refractivity contribution is 0.249. The van der Waals surface area contributed by atoms with E-state index in [0.29, 0.717) is 12.1 Å². The lowest BCUT2D eigenvalue weighted by Crippen LogP contribution is -2.40. The number of para-hydroxylation sites is 3. The van der Waals surface area contributed by atoms with E-state index in [-0.39, 0.29) is 17.8 Å². The Kier molecular flexibility index (Phi) is 5.07. The number of ether oxygens (including phenoxy) is 1. The number of halogens is 1. The summed E-state index contributed by atoms with van der Waals surface area (Å²) in [5.41, 5.74) is 1.93. The van der Waals surface area contributed by atoms with Crippen LogP contribution in [0.3, 0.4) is 0 Å². The molecule has 3 rings (SSSR count). The van der Waals surface area contributed by atoms with E-state index >= 15 is 0 Å². The molecule has 1 unspecified atom stereocenters. The molecule has 0 radical (unpaired) electrons. The number of aryl methyl sites for hydroxylation is 1. The van der Waals surface area contributed by atoms with Crippen molar-refractivity contribution in [1.29, 1.82) is 0 Å². The molecule has 1 fully saturated rings. The zero-order chi connectivity index (χ0) is 17.8. The highest BCUT2D eigenvalue weighted by Crippen LogP contribution is 2.30. The van der Waals surface area contributed by atoms with Crippen molar-refractivity contribution in [2.75, 3.05) is 30.4 Å². The molecule has 2 N–H and O–H groups in total. The van der Waals surface area contributed by atoms with Gasteiger partial charge < -0.3 is 20.3 Å². The Morgan fingerprint density at radius 3 is 2.80 bits per heavy atom. The van der Waals surface area contributed by atoms with Crippen LogP contribution in [0.5, 0.6) is 5.75 Å². The average molecular weight is 343 g/mol. The van der Waals surface area contributed by atoms with Crippen molar-refractivity contribution in [1.82, 2.24) is 5.32 Å². The number of hydrogen-bond donors (Lipinski definition) is 2. The molecule has 0 saturated carbocycles. The van der Waals surface area contributed by atoms with Gasteiger partial charge in [-0.05, 0) is 37.1 Å². The number of nitrogens with zero attached hydrogens (tertiary/aromatic N) is 1. The van der Waals surface area contributed by atoms with Crippen LogP contribution in [0.15, 0.2) is 42.5 Å². The first-order chi connectivity index (χ1) is 12.1. The van der Waals surface area contributed by atoms with Crippen LogP contribution in [0.4, 0.5) is 20.6 Å². The summed E-state index contributed by atoms with van der Waals surface area (Å²) in [6.07, 6.45) is 0.821. The Morgan fingerprint density at radius 2 is 2.04 bits per heavy atom. The van der Waals surface area contributed by atoms with E-state index in [1.807, 2.05) is 24.3 Å². The maximum absolute atomic E-state index is 13.8. The van der Waals surface area contributed by atoms with Crippen LogP contribution in [0, 0.1) is 12.7 Å².